The standard InChI is InChI=1S/C32H40N6.C8H14.2C7H8.C4H8/c1-2-8-28(9-3-1)16-19-33-24-29-12-14-30(15-13-29)27-38(22-20-34-25-31-10-4-6-17-36-31)23-21-35-26-32-11-5-7-18-37-32;1-4-6-7-8(3)5-2;2*1-7-5-3-2-4-6-7;1-3-4-2/h1-15,17-18,33-35H,16,19-27H2;5,7H,2,4,6H2,1,3H3;2*2-6H,1H3;3-4H,1-2H3/b;8-7+;;;4-3-. The minimum Gasteiger partial charge on any atom is -0.312 e. The molecule has 6 heteroatoms. The Morgan fingerprint density at radius 1 is 0.547 bits per heavy atom. The van der Waals surface area contributed by atoms with Crippen LogP contribution >= 0.6 is 0 Å². The SMILES string of the molecule is C/C=C\C.C=C/C(C)=C/CCC.Cc1ccccc1.Cc1ccccc1.c1ccc(CCNCc2ccc(CN(CCNCc3ccccn3)CCNCc3ccccn3)cc2)cc1. The molecular formula is C58H78N6. The molecule has 0 aliphatic carbocycles. The Hall–Kier alpha value is -5.76. The van der Waals surface area contributed by atoms with Crippen LogP contribution in [0.1, 0.15) is 79.7 Å². The lowest BCUT2D eigenvalue weighted by atomic mass is 10.1. The number of nitrogens with one attached hydrogen (secondary N) is 3. The Morgan fingerprint density at radius 2 is 1.00 bits per heavy atom. The van der Waals surface area contributed by atoms with Gasteiger partial charge in [0, 0.05) is 64.8 Å². The summed E-state index contributed by atoms with van der Waals surface area (Å²) in [5.74, 6) is 0. The molecule has 340 valence electrons. The van der Waals surface area contributed by atoms with Gasteiger partial charge in [0.05, 0.1) is 11.4 Å². The summed E-state index contributed by atoms with van der Waals surface area (Å²) < 4.78 is 0. The Morgan fingerprint density at radius 3 is 1.41 bits per heavy atom. The summed E-state index contributed by atoms with van der Waals surface area (Å²) in [6.45, 7) is 24.2. The molecule has 4 aromatic carbocycles. The van der Waals surface area contributed by atoms with Gasteiger partial charge in [0.1, 0.15) is 0 Å². The number of benzene rings is 4. The number of hydrogen-bond acceptors (Lipinski definition) is 6. The Bertz CT molecular complexity index is 1910. The van der Waals surface area contributed by atoms with Crippen LogP contribution in [0.3, 0.4) is 0 Å². The first kappa shape index (κ1) is 54.4. The zero-order chi connectivity index (χ0) is 46.1. The van der Waals surface area contributed by atoms with E-state index in [1.807, 2.05) is 105 Å². The normalized spacial score (nSPS) is 10.6. The predicted octanol–water partition coefficient (Wildman–Crippen LogP) is 12.7. The minimum absolute atomic E-state index is 0.790. The molecule has 0 fully saturated rings. The third kappa shape index (κ3) is 29.5. The van der Waals surface area contributed by atoms with Crippen molar-refractivity contribution in [3.8, 4) is 0 Å². The molecule has 0 unspecified atom stereocenters. The minimum atomic E-state index is 0.790. The van der Waals surface area contributed by atoms with Gasteiger partial charge < -0.3 is 16.0 Å². The van der Waals surface area contributed by atoms with Crippen molar-refractivity contribution < 1.29 is 0 Å². The number of aryl methyl sites for hydroxylation is 2. The second-order valence-corrected chi connectivity index (χ2v) is 15.4. The second-order valence-electron chi connectivity index (χ2n) is 15.4. The largest absolute Gasteiger partial charge is 0.312 e. The summed E-state index contributed by atoms with van der Waals surface area (Å²) in [7, 11) is 0. The Labute approximate surface area is 388 Å². The van der Waals surface area contributed by atoms with E-state index in [4.69, 9.17) is 0 Å². The Balaban J connectivity index is 0.000000433. The third-order valence-corrected chi connectivity index (χ3v) is 9.76. The number of pyridine rings is 2. The van der Waals surface area contributed by atoms with E-state index in [1.165, 1.54) is 46.2 Å². The number of aromatic nitrogens is 2. The molecule has 0 radical (unpaired) electrons. The van der Waals surface area contributed by atoms with Crippen molar-refractivity contribution >= 4 is 0 Å². The molecule has 0 atom stereocenters. The van der Waals surface area contributed by atoms with Gasteiger partial charge in [-0.2, -0.15) is 0 Å². The molecule has 6 nitrogen and oxygen atoms in total. The van der Waals surface area contributed by atoms with Crippen molar-refractivity contribution in [1.29, 1.82) is 0 Å². The number of hydrogen-bond donors (Lipinski definition) is 3. The number of rotatable bonds is 20. The van der Waals surface area contributed by atoms with Crippen molar-refractivity contribution in [3.63, 3.8) is 0 Å². The van der Waals surface area contributed by atoms with Crippen LogP contribution in [0.2, 0.25) is 0 Å². The highest BCUT2D eigenvalue weighted by Crippen LogP contribution is 2.09. The molecule has 2 aromatic heterocycles. The van der Waals surface area contributed by atoms with Crippen LogP contribution in [0, 0.1) is 13.8 Å². The molecule has 6 aromatic rings. The average Bonchev–Trinajstić information content (AvgIpc) is 3.35. The van der Waals surface area contributed by atoms with Gasteiger partial charge in [0.25, 0.3) is 0 Å². The molecule has 6 rings (SSSR count). The van der Waals surface area contributed by atoms with E-state index in [-0.39, 0.29) is 0 Å². The van der Waals surface area contributed by atoms with Crippen LogP contribution in [0.25, 0.3) is 0 Å². The molecule has 0 spiro atoms. The van der Waals surface area contributed by atoms with Crippen molar-refractivity contribution in [2.24, 2.45) is 0 Å². The number of nitrogens with zero attached hydrogens (tertiary/aromatic N) is 3. The first-order valence-corrected chi connectivity index (χ1v) is 23.0. The zero-order valence-electron chi connectivity index (χ0n) is 39.9. The van der Waals surface area contributed by atoms with Crippen molar-refractivity contribution in [2.75, 3.05) is 32.7 Å². The fourth-order valence-corrected chi connectivity index (χ4v) is 5.84. The lowest BCUT2D eigenvalue weighted by molar-refractivity contribution is 0.263. The summed E-state index contributed by atoms with van der Waals surface area (Å²) in [4.78, 5) is 11.3. The van der Waals surface area contributed by atoms with E-state index >= 15 is 0 Å². The van der Waals surface area contributed by atoms with E-state index < -0.39 is 0 Å². The van der Waals surface area contributed by atoms with Gasteiger partial charge in [-0.25, -0.2) is 0 Å². The molecular weight excluding hydrogens is 781 g/mol. The molecule has 0 aliphatic heterocycles. The highest BCUT2D eigenvalue weighted by molar-refractivity contribution is 5.23. The quantitative estimate of drug-likeness (QED) is 0.0404. The fourth-order valence-electron chi connectivity index (χ4n) is 5.84. The van der Waals surface area contributed by atoms with Gasteiger partial charge in [-0.1, -0.05) is 188 Å². The molecule has 0 saturated heterocycles. The lowest BCUT2D eigenvalue weighted by Gasteiger charge is -2.23. The average molecular weight is 859 g/mol. The maximum Gasteiger partial charge on any atom is 0.0541 e. The molecule has 3 N–H and O–H groups in total. The van der Waals surface area contributed by atoms with E-state index in [2.05, 4.69) is 162 Å². The van der Waals surface area contributed by atoms with Crippen molar-refractivity contribution in [1.82, 2.24) is 30.8 Å². The van der Waals surface area contributed by atoms with E-state index in [1.54, 1.807) is 0 Å². The molecule has 0 saturated carbocycles. The molecule has 0 bridgehead atoms. The van der Waals surface area contributed by atoms with Gasteiger partial charge >= 0.3 is 0 Å². The van der Waals surface area contributed by atoms with Crippen LogP contribution in [-0.2, 0) is 32.6 Å². The predicted molar refractivity (Wildman–Crippen MR) is 277 cm³/mol. The molecule has 2 heterocycles. The topological polar surface area (TPSA) is 65.1 Å². The van der Waals surface area contributed by atoms with E-state index in [0.717, 1.165) is 76.7 Å². The molecule has 0 amide bonds. The summed E-state index contributed by atoms with van der Waals surface area (Å²) in [6.07, 6.45) is 15.2. The van der Waals surface area contributed by atoms with E-state index in [0.29, 0.717) is 0 Å². The number of unbranched alkanes of at least 4 members (excludes halogenated alkanes) is 1. The first-order chi connectivity index (χ1) is 31.4. The van der Waals surface area contributed by atoms with Gasteiger partial charge in [-0.05, 0) is 95.0 Å². The van der Waals surface area contributed by atoms with Gasteiger partial charge in [0.15, 0.2) is 0 Å². The van der Waals surface area contributed by atoms with Crippen LogP contribution in [0.15, 0.2) is 201 Å². The molecule has 64 heavy (non-hydrogen) atoms. The summed E-state index contributed by atoms with van der Waals surface area (Å²) in [5, 5.41) is 10.7. The van der Waals surface area contributed by atoms with Gasteiger partial charge in [-0.15, -0.1) is 0 Å². The number of allylic oxidation sites excluding steroid dienone is 5. The third-order valence-electron chi connectivity index (χ3n) is 9.76. The summed E-state index contributed by atoms with van der Waals surface area (Å²) in [6, 6.07) is 52.3. The van der Waals surface area contributed by atoms with Crippen LogP contribution in [-0.4, -0.2) is 47.6 Å². The maximum absolute atomic E-state index is 4.41. The van der Waals surface area contributed by atoms with Crippen molar-refractivity contribution in [3.05, 3.63) is 240 Å². The van der Waals surface area contributed by atoms with E-state index in [9.17, 15) is 0 Å². The smallest absolute Gasteiger partial charge is 0.0541 e. The van der Waals surface area contributed by atoms with Crippen LogP contribution in [0.4, 0.5) is 0 Å². The summed E-state index contributed by atoms with van der Waals surface area (Å²) in [5.41, 5.74) is 10.1. The monoisotopic (exact) mass is 859 g/mol. The van der Waals surface area contributed by atoms with Crippen molar-refractivity contribution in [2.45, 2.75) is 87.0 Å². The zero-order valence-corrected chi connectivity index (χ0v) is 39.9. The first-order valence-electron chi connectivity index (χ1n) is 23.0. The lowest BCUT2D eigenvalue weighted by Crippen LogP contribution is -2.36. The van der Waals surface area contributed by atoms with Crippen LogP contribution < -0.4 is 16.0 Å². The van der Waals surface area contributed by atoms with Crippen LogP contribution in [0.5, 0.6) is 0 Å². The highest BCUT2D eigenvalue weighted by atomic mass is 15.2. The maximum atomic E-state index is 4.41. The summed E-state index contributed by atoms with van der Waals surface area (Å²) >= 11 is 0. The van der Waals surface area contributed by atoms with Gasteiger partial charge in [0.2, 0.25) is 0 Å². The second kappa shape index (κ2) is 37.8. The van der Waals surface area contributed by atoms with Gasteiger partial charge in [-0.3, -0.25) is 14.9 Å². The molecule has 0 aliphatic rings. The fraction of sp³-hybridized carbons (Fsp3) is 0.310. The Kier molecular flexibility index (Phi) is 32.1. The highest BCUT2D eigenvalue weighted by Gasteiger charge is 2.07.